The lowest BCUT2D eigenvalue weighted by Gasteiger charge is -2.05. The van der Waals surface area contributed by atoms with Gasteiger partial charge in [0.15, 0.2) is 0 Å². The van der Waals surface area contributed by atoms with E-state index < -0.39 is 0 Å². The van der Waals surface area contributed by atoms with Crippen molar-refractivity contribution in [3.63, 3.8) is 0 Å². The lowest BCUT2D eigenvalue weighted by atomic mass is 10.1. The average molecular weight is 324 g/mol. The molecule has 0 spiro atoms. The number of benzene rings is 1. The lowest BCUT2D eigenvalue weighted by molar-refractivity contribution is 0.0948. The van der Waals surface area contributed by atoms with Crippen LogP contribution in [0.3, 0.4) is 0 Å². The normalized spacial score (nSPS) is 10.2. The Morgan fingerprint density at radius 1 is 1.26 bits per heavy atom. The molecule has 1 amide bonds. The molecule has 0 fully saturated rings. The summed E-state index contributed by atoms with van der Waals surface area (Å²) in [5, 5.41) is 2.67. The topological polar surface area (TPSA) is 54.9 Å². The maximum absolute atomic E-state index is 13.3. The quantitative estimate of drug-likeness (QED) is 0.939. The number of halogens is 2. The van der Waals surface area contributed by atoms with Crippen LogP contribution in [-0.2, 0) is 6.42 Å². The summed E-state index contributed by atoms with van der Waals surface area (Å²) in [6.07, 6.45) is 3.26. The van der Waals surface area contributed by atoms with E-state index in [1.54, 1.807) is 18.2 Å². The fraction of sp³-hybridized carbons (Fsp3) is 0.154. The third-order valence-corrected chi connectivity index (χ3v) is 2.90. The van der Waals surface area contributed by atoms with E-state index in [9.17, 15) is 9.18 Å². The Kier molecular flexibility index (Phi) is 4.57. The third kappa shape index (κ3) is 3.82. The van der Waals surface area contributed by atoms with Gasteiger partial charge in [-0.2, -0.15) is 0 Å². The molecule has 0 saturated heterocycles. The number of hydrogen-bond donors (Lipinski definition) is 1. The van der Waals surface area contributed by atoms with Crippen LogP contribution in [0.15, 0.2) is 41.3 Å². The molecule has 98 valence electrons. The van der Waals surface area contributed by atoms with E-state index in [-0.39, 0.29) is 17.4 Å². The van der Waals surface area contributed by atoms with E-state index >= 15 is 0 Å². The SMILES string of the molecule is O=C(NCCc1ccccc1F)c1cnc(Br)cn1. The molecule has 0 saturated carbocycles. The van der Waals surface area contributed by atoms with Gasteiger partial charge in [0, 0.05) is 6.54 Å². The maximum atomic E-state index is 13.3. The molecular weight excluding hydrogens is 313 g/mol. The van der Waals surface area contributed by atoms with Gasteiger partial charge in [-0.3, -0.25) is 4.79 Å². The van der Waals surface area contributed by atoms with E-state index in [2.05, 4.69) is 31.2 Å². The van der Waals surface area contributed by atoms with Crippen LogP contribution in [0.2, 0.25) is 0 Å². The van der Waals surface area contributed by atoms with Crippen molar-refractivity contribution in [2.45, 2.75) is 6.42 Å². The third-order valence-electron chi connectivity index (χ3n) is 2.49. The molecule has 2 rings (SSSR count). The number of hydrogen-bond acceptors (Lipinski definition) is 3. The summed E-state index contributed by atoms with van der Waals surface area (Å²) in [5.74, 6) is -0.587. The van der Waals surface area contributed by atoms with Crippen molar-refractivity contribution in [1.29, 1.82) is 0 Å². The number of carbonyl (C=O) groups excluding carboxylic acids is 1. The largest absolute Gasteiger partial charge is 0.350 e. The molecular formula is C13H11BrFN3O. The van der Waals surface area contributed by atoms with Gasteiger partial charge in [0.05, 0.1) is 12.4 Å². The summed E-state index contributed by atoms with van der Waals surface area (Å²) in [6, 6.07) is 6.49. The second-order valence-electron chi connectivity index (χ2n) is 3.82. The summed E-state index contributed by atoms with van der Waals surface area (Å²) >= 11 is 3.14. The van der Waals surface area contributed by atoms with Crippen molar-refractivity contribution in [2.75, 3.05) is 6.54 Å². The van der Waals surface area contributed by atoms with E-state index in [1.807, 2.05) is 0 Å². The Morgan fingerprint density at radius 3 is 2.74 bits per heavy atom. The van der Waals surface area contributed by atoms with Crippen LogP contribution in [0.25, 0.3) is 0 Å². The molecule has 0 radical (unpaired) electrons. The Bertz CT molecular complexity index is 574. The van der Waals surface area contributed by atoms with Crippen molar-refractivity contribution in [3.8, 4) is 0 Å². The van der Waals surface area contributed by atoms with Crippen molar-refractivity contribution in [2.24, 2.45) is 0 Å². The van der Waals surface area contributed by atoms with E-state index in [1.165, 1.54) is 18.5 Å². The highest BCUT2D eigenvalue weighted by Gasteiger charge is 2.07. The molecule has 1 heterocycles. The van der Waals surface area contributed by atoms with Crippen LogP contribution < -0.4 is 5.32 Å². The summed E-state index contributed by atoms with van der Waals surface area (Å²) in [5.41, 5.74) is 0.807. The van der Waals surface area contributed by atoms with Crippen molar-refractivity contribution in [1.82, 2.24) is 15.3 Å². The lowest BCUT2D eigenvalue weighted by Crippen LogP contribution is -2.26. The van der Waals surface area contributed by atoms with Crippen molar-refractivity contribution < 1.29 is 9.18 Å². The van der Waals surface area contributed by atoms with Gasteiger partial charge in [-0.05, 0) is 34.0 Å². The Morgan fingerprint density at radius 2 is 2.05 bits per heavy atom. The van der Waals surface area contributed by atoms with Gasteiger partial charge in [-0.1, -0.05) is 18.2 Å². The fourth-order valence-electron chi connectivity index (χ4n) is 1.53. The molecule has 4 nitrogen and oxygen atoms in total. The predicted octanol–water partition coefficient (Wildman–Crippen LogP) is 2.35. The van der Waals surface area contributed by atoms with Gasteiger partial charge in [0.25, 0.3) is 5.91 Å². The van der Waals surface area contributed by atoms with Gasteiger partial charge >= 0.3 is 0 Å². The van der Waals surface area contributed by atoms with Crippen molar-refractivity contribution >= 4 is 21.8 Å². The molecule has 0 bridgehead atoms. The minimum absolute atomic E-state index is 0.233. The Balaban J connectivity index is 1.88. The van der Waals surface area contributed by atoms with Crippen LogP contribution in [0, 0.1) is 5.82 Å². The van der Waals surface area contributed by atoms with Gasteiger partial charge in [0.1, 0.15) is 16.1 Å². The molecule has 2 aromatic rings. The summed E-state index contributed by atoms with van der Waals surface area (Å²) in [6.45, 7) is 0.345. The maximum Gasteiger partial charge on any atom is 0.271 e. The predicted molar refractivity (Wildman–Crippen MR) is 72.2 cm³/mol. The second kappa shape index (κ2) is 6.38. The standard InChI is InChI=1S/C13H11BrFN3O/c14-12-8-17-11(7-18-12)13(19)16-6-5-9-3-1-2-4-10(9)15/h1-4,7-8H,5-6H2,(H,16,19). The number of rotatable bonds is 4. The number of nitrogens with zero attached hydrogens (tertiary/aromatic N) is 2. The molecule has 0 aliphatic heterocycles. The van der Waals surface area contributed by atoms with Gasteiger partial charge in [-0.15, -0.1) is 0 Å². The molecule has 1 aromatic heterocycles. The van der Waals surface area contributed by atoms with E-state index in [0.717, 1.165) is 0 Å². The molecule has 0 unspecified atom stereocenters. The number of aromatic nitrogens is 2. The number of carbonyl (C=O) groups is 1. The van der Waals surface area contributed by atoms with E-state index in [4.69, 9.17) is 0 Å². The van der Waals surface area contributed by atoms with Gasteiger partial charge < -0.3 is 5.32 Å². The average Bonchev–Trinajstić information content (AvgIpc) is 2.41. The molecule has 1 aromatic carbocycles. The van der Waals surface area contributed by atoms with E-state index in [0.29, 0.717) is 23.1 Å². The zero-order chi connectivity index (χ0) is 13.7. The summed E-state index contributed by atoms with van der Waals surface area (Å²) < 4.78 is 13.9. The fourth-order valence-corrected chi connectivity index (χ4v) is 1.74. The first kappa shape index (κ1) is 13.6. The summed E-state index contributed by atoms with van der Waals surface area (Å²) in [4.78, 5) is 19.5. The molecule has 0 aliphatic carbocycles. The molecule has 0 aliphatic rings. The first-order valence-corrected chi connectivity index (χ1v) is 6.45. The smallest absolute Gasteiger partial charge is 0.271 e. The van der Waals surface area contributed by atoms with Crippen LogP contribution in [0.5, 0.6) is 0 Å². The first-order chi connectivity index (χ1) is 9.16. The number of amides is 1. The zero-order valence-electron chi connectivity index (χ0n) is 9.94. The minimum atomic E-state index is -0.323. The molecule has 0 atom stereocenters. The Hall–Kier alpha value is -1.82. The highest BCUT2D eigenvalue weighted by Crippen LogP contribution is 2.06. The van der Waals surface area contributed by atoms with Crippen LogP contribution in [-0.4, -0.2) is 22.4 Å². The first-order valence-electron chi connectivity index (χ1n) is 5.66. The Labute approximate surface area is 118 Å². The number of nitrogens with one attached hydrogen (secondary N) is 1. The van der Waals surface area contributed by atoms with Crippen LogP contribution in [0.1, 0.15) is 16.1 Å². The van der Waals surface area contributed by atoms with Crippen molar-refractivity contribution in [3.05, 3.63) is 58.3 Å². The monoisotopic (exact) mass is 323 g/mol. The minimum Gasteiger partial charge on any atom is -0.350 e. The van der Waals surface area contributed by atoms with Crippen LogP contribution in [0.4, 0.5) is 4.39 Å². The highest BCUT2D eigenvalue weighted by atomic mass is 79.9. The van der Waals surface area contributed by atoms with Gasteiger partial charge in [-0.25, -0.2) is 14.4 Å². The second-order valence-corrected chi connectivity index (χ2v) is 4.63. The molecule has 19 heavy (non-hydrogen) atoms. The zero-order valence-corrected chi connectivity index (χ0v) is 11.5. The van der Waals surface area contributed by atoms with Gasteiger partial charge in [0.2, 0.25) is 0 Å². The highest BCUT2D eigenvalue weighted by molar-refractivity contribution is 9.10. The molecule has 1 N–H and O–H groups in total. The van der Waals surface area contributed by atoms with Crippen LogP contribution >= 0.6 is 15.9 Å². The summed E-state index contributed by atoms with van der Waals surface area (Å²) in [7, 11) is 0. The molecule has 6 heteroatoms.